The van der Waals surface area contributed by atoms with Crippen LogP contribution in [0, 0.1) is 34.6 Å². The Morgan fingerprint density at radius 2 is 0.623 bits per heavy atom. The minimum absolute atomic E-state index is 0.0278. The van der Waals surface area contributed by atoms with E-state index in [-0.39, 0.29) is 52.9 Å². The van der Waals surface area contributed by atoms with Gasteiger partial charge in [0, 0.05) is 122 Å². The lowest BCUT2D eigenvalue weighted by molar-refractivity contribution is -0.120. The summed E-state index contributed by atoms with van der Waals surface area (Å²) in [5, 5.41) is 13.4. The molecule has 9 aromatic rings. The van der Waals surface area contributed by atoms with Crippen molar-refractivity contribution in [1.82, 2.24) is 62.6 Å². The molecule has 6 aromatic heterocycles. The van der Waals surface area contributed by atoms with Gasteiger partial charge in [-0.3, -0.25) is 136 Å². The van der Waals surface area contributed by atoms with E-state index < -0.39 is 307 Å². The van der Waals surface area contributed by atoms with Gasteiger partial charge in [0.15, 0.2) is 0 Å². The second kappa shape index (κ2) is 45.2. The molecular weight excluding hydrogens is 2050 g/mol. The third-order valence-electron chi connectivity index (χ3n) is 24.5. The van der Waals surface area contributed by atoms with Crippen LogP contribution in [0.4, 0.5) is 0 Å². The van der Waals surface area contributed by atoms with E-state index in [2.05, 4.69) is 30.2 Å². The number of nitrogens with one attached hydrogen (secondary N) is 7. The fraction of sp³-hybridized carbons (Fsp3) is 0.488. The summed E-state index contributed by atoms with van der Waals surface area (Å²) >= 11 is 0. The lowest BCUT2D eigenvalue weighted by Gasteiger charge is -2.37. The molecule has 6 saturated heterocycles. The zero-order valence-corrected chi connectivity index (χ0v) is 82.7. The minimum atomic E-state index is -5.84. The molecule has 0 spiro atoms. The van der Waals surface area contributed by atoms with Crippen LogP contribution >= 0.6 is 39.1 Å². The average molecular weight is 2150 g/mol. The molecule has 12 heterocycles. The number of aliphatic hydroxyl groups is 1. The highest BCUT2D eigenvalue weighted by atomic mass is 31.2. The summed E-state index contributed by atoms with van der Waals surface area (Å²) in [6, 6.07) is 22.7. The van der Waals surface area contributed by atoms with Crippen molar-refractivity contribution in [2.24, 2.45) is 5.73 Å². The first-order chi connectivity index (χ1) is 69.1. The van der Waals surface area contributed by atoms with Gasteiger partial charge in [-0.15, -0.1) is 0 Å². The van der Waals surface area contributed by atoms with Crippen LogP contribution in [0.25, 0.3) is 0 Å². The molecule has 0 bridgehead atoms. The number of hydrogen-bond donors (Lipinski definition) is 14. The molecule has 6 fully saturated rings. The van der Waals surface area contributed by atoms with Crippen LogP contribution in [0.3, 0.4) is 0 Å². The molecule has 57 nitrogen and oxygen atoms in total. The lowest BCUT2D eigenvalue weighted by atomic mass is 9.80. The fourth-order valence-corrected chi connectivity index (χ4v) is 21.9. The van der Waals surface area contributed by atoms with Crippen molar-refractivity contribution in [2.75, 3.05) is 67.0 Å². The maximum Gasteiger partial charge on any atom is 0.472 e. The number of methoxy groups -OCH3 is 2. The third kappa shape index (κ3) is 25.7. The van der Waals surface area contributed by atoms with Gasteiger partial charge in [0.2, 0.25) is 5.91 Å². The second-order valence-corrected chi connectivity index (χ2v) is 41.7. The van der Waals surface area contributed by atoms with E-state index >= 15 is 0 Å². The molecule has 0 aliphatic carbocycles. The van der Waals surface area contributed by atoms with Crippen LogP contribution in [-0.4, -0.2) is 233 Å². The summed E-state index contributed by atoms with van der Waals surface area (Å²) in [6.07, 6.45) is -28.0. The predicted octanol–water partition coefficient (Wildman–Crippen LogP) is 0.0699. The molecule has 146 heavy (non-hydrogen) atoms. The van der Waals surface area contributed by atoms with Gasteiger partial charge in [0.1, 0.15) is 122 Å². The van der Waals surface area contributed by atoms with Crippen LogP contribution in [0.2, 0.25) is 0 Å². The maximum atomic E-state index is 14.8. The number of carbonyl (C=O) groups excluding carboxylic acids is 1. The van der Waals surface area contributed by atoms with E-state index in [1.807, 2.05) is 4.98 Å². The molecule has 0 radical (unpaired) electrons. The summed E-state index contributed by atoms with van der Waals surface area (Å²) in [6.45, 7) is 0.321. The number of rotatable bonds is 43. The van der Waals surface area contributed by atoms with Crippen molar-refractivity contribution in [3.05, 3.63) is 291 Å². The van der Waals surface area contributed by atoms with Gasteiger partial charge in [-0.1, -0.05) is 54.6 Å². The number of benzene rings is 3. The zero-order valence-electron chi connectivity index (χ0n) is 78.3. The number of nitrogens with zero attached hydrogens (tertiary/aromatic N) is 6. The van der Waals surface area contributed by atoms with Gasteiger partial charge in [0.05, 0.1) is 66.4 Å². The molecule has 1 amide bonds. The molecule has 0 saturated carbocycles. The number of nitrogens with two attached hydrogens (primary N) is 1. The molecule has 15 N–H and O–H groups in total. The predicted molar refractivity (Wildman–Crippen MR) is 496 cm³/mol. The van der Waals surface area contributed by atoms with E-state index in [4.69, 9.17) is 93.6 Å². The number of ether oxygens (including phenoxy) is 9. The largest absolute Gasteiger partial charge is 0.497 e. The first-order valence-electron chi connectivity index (χ1n) is 44.9. The Morgan fingerprint density at radius 3 is 0.911 bits per heavy atom. The smallest absolute Gasteiger partial charge is 0.472 e. The van der Waals surface area contributed by atoms with Crippen LogP contribution in [-0.2, 0) is 118 Å². The summed E-state index contributed by atoms with van der Waals surface area (Å²) in [4.78, 5) is 240. The van der Waals surface area contributed by atoms with Crippen LogP contribution in [0.5, 0.6) is 11.5 Å². The number of H-pyrrole nitrogens is 6. The molecule has 15 rings (SSSR count). The number of hydrogen-bond acceptors (Lipinski definition) is 39. The van der Waals surface area contributed by atoms with E-state index in [9.17, 15) is 115 Å². The van der Waals surface area contributed by atoms with E-state index in [1.165, 1.54) is 55.0 Å². The van der Waals surface area contributed by atoms with Crippen LogP contribution in [0.1, 0.15) is 126 Å². The highest BCUT2D eigenvalue weighted by molar-refractivity contribution is 7.48. The Bertz CT molecular complexity index is 7300. The van der Waals surface area contributed by atoms with Crippen molar-refractivity contribution < 1.29 is 145 Å². The summed E-state index contributed by atoms with van der Waals surface area (Å²) in [5.74, 6) is 0.206. The quantitative estimate of drug-likeness (QED) is 0.0178. The first kappa shape index (κ1) is 109. The van der Waals surface area contributed by atoms with Crippen molar-refractivity contribution >= 4 is 45.0 Å². The van der Waals surface area contributed by atoms with Gasteiger partial charge in [-0.25, -0.2) is 51.6 Å². The lowest BCUT2D eigenvalue weighted by Crippen LogP contribution is -2.38. The molecule has 23 atom stereocenters. The van der Waals surface area contributed by atoms with Crippen molar-refractivity contribution in [2.45, 2.75) is 196 Å². The second-order valence-electron chi connectivity index (χ2n) is 34.6. The van der Waals surface area contributed by atoms with Gasteiger partial charge in [0.25, 0.3) is 33.4 Å². The normalized spacial score (nSPS) is 26.3. The van der Waals surface area contributed by atoms with Gasteiger partial charge < -0.3 is 83.3 Å². The minimum Gasteiger partial charge on any atom is -0.497 e. The topological polar surface area (TPSA) is 766 Å². The first-order valence-corrected chi connectivity index (χ1v) is 52.3. The number of aryl methyl sites for hydroxylation is 5. The molecule has 792 valence electrons. The Balaban J connectivity index is 0.665. The molecule has 62 heteroatoms. The highest BCUT2D eigenvalue weighted by Gasteiger charge is 2.53. The summed E-state index contributed by atoms with van der Waals surface area (Å²) < 4.78 is 188. The number of phosphoric acid groups is 5. The van der Waals surface area contributed by atoms with E-state index in [0.717, 1.165) is 53.8 Å². The Kier molecular flexibility index (Phi) is 33.8. The van der Waals surface area contributed by atoms with E-state index in [0.29, 0.717) is 32.8 Å². The number of aromatic nitrogens is 12. The van der Waals surface area contributed by atoms with Gasteiger partial charge in [-0.05, 0) is 75.6 Å². The average Bonchev–Trinajstić information content (AvgIpc) is 1.28. The standard InChI is InChI=1S/C84H103N14O43P5/c1-42-30-93(78(107)87-72(42)101)66-24-53(99)59(131-66)37-126-142(113,114)138-55-26-68(95-32-44(3)74(103)89-80(95)109)133-61(55)39-129-146(121,122)141-58-29-71(98-35-47(77(106)92-83(98)112)23-65(100)86-22-21-85)136-64(58)41-130-145(119,120)140-57-28-70(97-34-46(5)76(105)91-82(97)111)135-63(57)40-128-144(117,118)139-56-27-69(96-33-45(4)75(104)90-81(96)110)134-62(56)38-127-143(115,116)137-54-25-67(94-31-43(2)73(102)88-79(94)108)132-60(54)36-125-84(48-11-9-8-10-12-48,49-13-17-51(123-6)18-14-49)50-15-19-52(124-7)20-16-50/h8-20,30-35,53-64,66-71,99H,21-29,36-41,85H2,1-7H3,(H,86,100)(H,113,114)(H,115,116)(H,117,118)(H,119,120)(H,121,122)(H,87,101,107)(H,88,102,108)(H,89,103,109)(H,90,104,110)(H,91,105,111)(H,92,106,112)/t53-,54-,55-,56-,57-,58-,59+,60+,61+,62+,63+,64+,66+,67+,68+,69+,70+,71+/m0/s1. The zero-order chi connectivity index (χ0) is 105. The molecule has 6 aliphatic heterocycles. The van der Waals surface area contributed by atoms with Crippen LogP contribution in [0.15, 0.2) is 174 Å². The van der Waals surface area contributed by atoms with Crippen LogP contribution < -0.4 is 88.0 Å². The molecular formula is C84H103N14O43P5. The number of phosphoric ester groups is 5. The number of amides is 1. The monoisotopic (exact) mass is 2150 g/mol. The maximum absolute atomic E-state index is 14.8. The molecule has 3 aromatic carbocycles. The number of carbonyl (C=O) groups is 1. The Morgan fingerprint density at radius 1 is 0.370 bits per heavy atom. The number of aliphatic hydroxyl groups excluding tert-OH is 1. The Hall–Kier alpha value is -11.0. The number of aromatic amines is 6. The van der Waals surface area contributed by atoms with Crippen molar-refractivity contribution in [1.29, 1.82) is 0 Å². The summed E-state index contributed by atoms with van der Waals surface area (Å²) in [5.41, 5.74) is -6.25. The summed E-state index contributed by atoms with van der Waals surface area (Å²) in [7, 11) is -25.5. The van der Waals surface area contributed by atoms with Crippen molar-refractivity contribution in [3.63, 3.8) is 0 Å². The van der Waals surface area contributed by atoms with Gasteiger partial charge in [-0.2, -0.15) is 0 Å². The van der Waals surface area contributed by atoms with E-state index in [1.54, 1.807) is 78.9 Å². The SMILES string of the molecule is COc1ccc(C(OC[C@H]2O[C@@H](n3cc(C)c(=O)[nH]c3=O)C[C@@H]2OP(=O)(O)OC[C@H]2O[C@@H](n3cc(C)c(=O)[nH]c3=O)C[C@@H]2OP(=O)(O)OC[C@H]2O[C@@H](n3cc(C)c(=O)[nH]c3=O)C[C@@H]2OP(=O)(O)OC[C@H]2O[C@@H](n3cc(CC(=O)NCCN)c(=O)[nH]c3=O)C[C@@H]2OP(=O)(O)OC[C@H]2O[C@@H](n3cc(C)c(=O)[nH]c3=O)C[C@@H]2OP(=O)(O)OC[C@H]2O[C@@H](n3cc(C)c(=O)[nH]c3=O)C[C@@H]2O)(c2ccccc2)c2ccc(OC)cc2)cc1. The van der Waals surface area contributed by atoms with Gasteiger partial charge >= 0.3 is 73.3 Å². The molecule has 5 unspecified atom stereocenters. The molecule has 6 aliphatic rings. The Labute approximate surface area is 820 Å². The highest BCUT2D eigenvalue weighted by Crippen LogP contribution is 2.57. The third-order valence-corrected chi connectivity index (χ3v) is 29.6. The van der Waals surface area contributed by atoms with Crippen molar-refractivity contribution in [3.8, 4) is 11.5 Å². The fourth-order valence-electron chi connectivity index (χ4n) is 17.1.